The second-order valence-electron chi connectivity index (χ2n) is 8.16. The molecule has 0 heterocycles. The lowest BCUT2D eigenvalue weighted by atomic mass is 10.1. The van der Waals surface area contributed by atoms with Crippen molar-refractivity contribution in [1.29, 1.82) is 0 Å². The first-order valence-corrected chi connectivity index (χ1v) is 10.9. The molecule has 166 valence electrons. The maximum absolute atomic E-state index is 12.8. The summed E-state index contributed by atoms with van der Waals surface area (Å²) in [7, 11) is 0. The van der Waals surface area contributed by atoms with Gasteiger partial charge >= 0.3 is 0 Å². The van der Waals surface area contributed by atoms with Crippen LogP contribution in [-0.4, -0.2) is 18.4 Å². The zero-order chi connectivity index (χ0) is 22.9. The van der Waals surface area contributed by atoms with Crippen LogP contribution >= 0.6 is 0 Å². The van der Waals surface area contributed by atoms with Gasteiger partial charge in [0, 0.05) is 11.3 Å². The lowest BCUT2D eigenvalue weighted by Gasteiger charge is -2.15. The van der Waals surface area contributed by atoms with Gasteiger partial charge in [-0.1, -0.05) is 56.3 Å². The minimum Gasteiger partial charge on any atom is -0.493 e. The van der Waals surface area contributed by atoms with Crippen molar-refractivity contribution < 1.29 is 14.3 Å². The van der Waals surface area contributed by atoms with E-state index in [2.05, 4.69) is 24.5 Å². The number of anilines is 1. The largest absolute Gasteiger partial charge is 0.493 e. The molecule has 0 aromatic heterocycles. The van der Waals surface area contributed by atoms with Gasteiger partial charge < -0.3 is 15.4 Å². The van der Waals surface area contributed by atoms with E-state index in [1.54, 1.807) is 36.4 Å². The van der Waals surface area contributed by atoms with Gasteiger partial charge in [-0.2, -0.15) is 0 Å². The number of nitrogens with one attached hydrogen (secondary N) is 2. The molecule has 5 heteroatoms. The topological polar surface area (TPSA) is 67.4 Å². The lowest BCUT2D eigenvalue weighted by molar-refractivity contribution is 0.0939. The van der Waals surface area contributed by atoms with Crippen molar-refractivity contribution in [3.8, 4) is 5.75 Å². The van der Waals surface area contributed by atoms with Crippen molar-refractivity contribution in [2.45, 2.75) is 33.2 Å². The third-order valence-electron chi connectivity index (χ3n) is 5.14. The van der Waals surface area contributed by atoms with Gasteiger partial charge in [0.25, 0.3) is 11.8 Å². The molecule has 0 bridgehead atoms. The summed E-state index contributed by atoms with van der Waals surface area (Å²) in [5.74, 6) is 0.683. The van der Waals surface area contributed by atoms with Gasteiger partial charge in [-0.05, 0) is 61.2 Å². The Morgan fingerprint density at radius 2 is 1.47 bits per heavy atom. The standard InChI is InChI=1S/C27H30N2O3/c1-19(2)17-18-32-25-12-8-7-11-24(25)27(31)29-23-15-13-22(14-16-23)26(30)28-20(3)21-9-5-4-6-10-21/h4-16,19-20H,17-18H2,1-3H3,(H,28,30)(H,29,31). The molecule has 3 rings (SSSR count). The van der Waals surface area contributed by atoms with E-state index in [9.17, 15) is 9.59 Å². The fourth-order valence-corrected chi connectivity index (χ4v) is 3.19. The van der Waals surface area contributed by atoms with Crippen LogP contribution < -0.4 is 15.4 Å². The highest BCUT2D eigenvalue weighted by Gasteiger charge is 2.14. The summed E-state index contributed by atoms with van der Waals surface area (Å²) >= 11 is 0. The van der Waals surface area contributed by atoms with Crippen LogP contribution in [0.1, 0.15) is 59.5 Å². The molecule has 0 aliphatic heterocycles. The summed E-state index contributed by atoms with van der Waals surface area (Å²) < 4.78 is 5.82. The van der Waals surface area contributed by atoms with Gasteiger partial charge in [0.2, 0.25) is 0 Å². The SMILES string of the molecule is CC(C)CCOc1ccccc1C(=O)Nc1ccc(C(=O)NC(C)c2ccccc2)cc1. The van der Waals surface area contributed by atoms with Crippen LogP contribution in [0, 0.1) is 5.92 Å². The third kappa shape index (κ3) is 6.45. The molecule has 0 spiro atoms. The Balaban J connectivity index is 1.61. The zero-order valence-corrected chi connectivity index (χ0v) is 18.8. The van der Waals surface area contributed by atoms with Gasteiger partial charge in [-0.15, -0.1) is 0 Å². The van der Waals surface area contributed by atoms with E-state index in [-0.39, 0.29) is 17.9 Å². The molecule has 0 saturated carbocycles. The molecule has 2 amide bonds. The Morgan fingerprint density at radius 3 is 2.16 bits per heavy atom. The molecule has 1 atom stereocenters. The minimum atomic E-state index is -0.250. The number of hydrogen-bond acceptors (Lipinski definition) is 3. The van der Waals surface area contributed by atoms with Gasteiger partial charge in [0.15, 0.2) is 0 Å². The Labute approximate surface area is 189 Å². The van der Waals surface area contributed by atoms with Gasteiger partial charge in [-0.3, -0.25) is 9.59 Å². The first kappa shape index (κ1) is 23.1. The van der Waals surface area contributed by atoms with Crippen molar-refractivity contribution in [1.82, 2.24) is 5.32 Å². The fraction of sp³-hybridized carbons (Fsp3) is 0.259. The van der Waals surface area contributed by atoms with Crippen LogP contribution in [-0.2, 0) is 0 Å². The van der Waals surface area contributed by atoms with Crippen LogP contribution in [0.3, 0.4) is 0 Å². The smallest absolute Gasteiger partial charge is 0.259 e. The fourth-order valence-electron chi connectivity index (χ4n) is 3.19. The number of carbonyl (C=O) groups excluding carboxylic acids is 2. The van der Waals surface area contributed by atoms with Gasteiger partial charge in [0.1, 0.15) is 5.75 Å². The maximum Gasteiger partial charge on any atom is 0.259 e. The molecule has 5 nitrogen and oxygen atoms in total. The molecule has 1 unspecified atom stereocenters. The van der Waals surface area contributed by atoms with Crippen molar-refractivity contribution in [2.24, 2.45) is 5.92 Å². The summed E-state index contributed by atoms with van der Waals surface area (Å²) in [5, 5.41) is 5.87. The number of carbonyl (C=O) groups is 2. The van der Waals surface area contributed by atoms with Crippen molar-refractivity contribution >= 4 is 17.5 Å². The minimum absolute atomic E-state index is 0.102. The Hall–Kier alpha value is -3.60. The van der Waals surface area contributed by atoms with E-state index < -0.39 is 0 Å². The van der Waals surface area contributed by atoms with E-state index in [1.165, 1.54) is 0 Å². The average Bonchev–Trinajstić information content (AvgIpc) is 2.80. The molecule has 32 heavy (non-hydrogen) atoms. The first-order valence-electron chi connectivity index (χ1n) is 10.9. The molecular formula is C27H30N2O3. The molecule has 3 aromatic carbocycles. The molecule has 0 aliphatic carbocycles. The van der Waals surface area contributed by atoms with E-state index in [0.717, 1.165) is 12.0 Å². The first-order chi connectivity index (χ1) is 15.4. The monoisotopic (exact) mass is 430 g/mol. The lowest BCUT2D eigenvalue weighted by Crippen LogP contribution is -2.26. The summed E-state index contributed by atoms with van der Waals surface area (Å²) in [6.07, 6.45) is 0.919. The Kier molecular flexibility index (Phi) is 8.03. The van der Waals surface area contributed by atoms with Crippen LogP contribution in [0.4, 0.5) is 5.69 Å². The molecule has 0 radical (unpaired) electrons. The van der Waals surface area contributed by atoms with Crippen molar-refractivity contribution in [2.75, 3.05) is 11.9 Å². The molecule has 0 saturated heterocycles. The molecule has 0 fully saturated rings. The number of hydrogen-bond donors (Lipinski definition) is 2. The van der Waals surface area contributed by atoms with Crippen LogP contribution in [0.25, 0.3) is 0 Å². The molecule has 0 aliphatic rings. The van der Waals surface area contributed by atoms with Crippen molar-refractivity contribution in [3.05, 3.63) is 95.6 Å². The normalized spacial score (nSPS) is 11.6. The summed E-state index contributed by atoms with van der Waals surface area (Å²) in [6.45, 7) is 6.78. The molecular weight excluding hydrogens is 400 g/mol. The second kappa shape index (κ2) is 11.1. The number of benzene rings is 3. The van der Waals surface area contributed by atoms with Crippen LogP contribution in [0.15, 0.2) is 78.9 Å². The molecule has 3 aromatic rings. The Bertz CT molecular complexity index is 1030. The van der Waals surface area contributed by atoms with Crippen LogP contribution in [0.5, 0.6) is 5.75 Å². The van der Waals surface area contributed by atoms with E-state index in [4.69, 9.17) is 4.74 Å². The second-order valence-corrected chi connectivity index (χ2v) is 8.16. The highest BCUT2D eigenvalue weighted by atomic mass is 16.5. The quantitative estimate of drug-likeness (QED) is 0.447. The number of para-hydroxylation sites is 1. The maximum atomic E-state index is 12.8. The summed E-state index contributed by atoms with van der Waals surface area (Å²) in [5.41, 5.74) is 2.66. The van der Waals surface area contributed by atoms with E-state index in [0.29, 0.717) is 35.1 Å². The van der Waals surface area contributed by atoms with E-state index in [1.807, 2.05) is 49.4 Å². The highest BCUT2D eigenvalue weighted by molar-refractivity contribution is 6.06. The van der Waals surface area contributed by atoms with Crippen molar-refractivity contribution in [3.63, 3.8) is 0 Å². The predicted octanol–water partition coefficient (Wildman–Crippen LogP) is 5.85. The van der Waals surface area contributed by atoms with E-state index >= 15 is 0 Å². The Morgan fingerprint density at radius 1 is 0.812 bits per heavy atom. The summed E-state index contributed by atoms with van der Waals surface area (Å²) in [6, 6.07) is 23.8. The molecule has 2 N–H and O–H groups in total. The third-order valence-corrected chi connectivity index (χ3v) is 5.14. The van der Waals surface area contributed by atoms with Gasteiger partial charge in [0.05, 0.1) is 18.2 Å². The highest BCUT2D eigenvalue weighted by Crippen LogP contribution is 2.21. The number of amides is 2. The zero-order valence-electron chi connectivity index (χ0n) is 18.8. The summed E-state index contributed by atoms with van der Waals surface area (Å²) in [4.78, 5) is 25.3. The number of rotatable bonds is 9. The number of ether oxygens (including phenoxy) is 1. The van der Waals surface area contributed by atoms with Crippen LogP contribution in [0.2, 0.25) is 0 Å². The average molecular weight is 431 g/mol. The predicted molar refractivity (Wildman–Crippen MR) is 128 cm³/mol. The van der Waals surface area contributed by atoms with Gasteiger partial charge in [-0.25, -0.2) is 0 Å².